The quantitative estimate of drug-likeness (QED) is 0.794. The molecule has 0 saturated carbocycles. The van der Waals surface area contributed by atoms with E-state index in [-0.39, 0.29) is 0 Å². The number of fused-ring (bicyclic) bond motifs is 1. The minimum Gasteiger partial charge on any atom is -0.495 e. The average Bonchev–Trinajstić information content (AvgIpc) is 2.94. The molecule has 1 aromatic carbocycles. The fourth-order valence-electron chi connectivity index (χ4n) is 2.08. The van der Waals surface area contributed by atoms with E-state index in [1.165, 1.54) is 11.3 Å². The maximum absolute atomic E-state index is 10.5. The number of thiophene rings is 1. The molecular formula is C15H13NO2S. The second-order valence-electron chi connectivity index (χ2n) is 4.21. The highest BCUT2D eigenvalue weighted by molar-refractivity contribution is 7.10. The van der Waals surface area contributed by atoms with Gasteiger partial charge in [0.2, 0.25) is 0 Å². The second-order valence-corrected chi connectivity index (χ2v) is 5.16. The van der Waals surface area contributed by atoms with Crippen LogP contribution in [0.2, 0.25) is 0 Å². The summed E-state index contributed by atoms with van der Waals surface area (Å²) in [5, 5.41) is 13.4. The van der Waals surface area contributed by atoms with Gasteiger partial charge >= 0.3 is 0 Å². The van der Waals surface area contributed by atoms with Crippen molar-refractivity contribution in [2.24, 2.45) is 0 Å². The van der Waals surface area contributed by atoms with Crippen LogP contribution in [0.1, 0.15) is 16.5 Å². The molecule has 3 aromatic rings. The minimum absolute atomic E-state index is 0.679. The number of aliphatic hydroxyl groups excluding tert-OH is 1. The highest BCUT2D eigenvalue weighted by atomic mass is 32.1. The molecule has 4 heteroatoms. The number of aromatic nitrogens is 1. The highest BCUT2D eigenvalue weighted by Gasteiger charge is 2.17. The van der Waals surface area contributed by atoms with Crippen molar-refractivity contribution in [2.75, 3.05) is 7.11 Å². The molecule has 0 amide bonds. The molecule has 0 aliphatic rings. The third kappa shape index (κ3) is 2.20. The van der Waals surface area contributed by atoms with E-state index in [1.54, 1.807) is 13.3 Å². The number of ether oxygens (including phenoxy) is 1. The molecule has 0 fully saturated rings. The molecule has 0 saturated heterocycles. The van der Waals surface area contributed by atoms with Crippen LogP contribution in [0, 0.1) is 0 Å². The molecule has 3 rings (SSSR count). The van der Waals surface area contributed by atoms with E-state index in [0.29, 0.717) is 0 Å². The molecule has 1 atom stereocenters. The number of hydrogen-bond donors (Lipinski definition) is 1. The first-order chi connectivity index (χ1) is 9.29. The number of rotatable bonds is 3. The van der Waals surface area contributed by atoms with Gasteiger partial charge in [-0.3, -0.25) is 4.98 Å². The van der Waals surface area contributed by atoms with Crippen LogP contribution in [0.3, 0.4) is 0 Å². The Kier molecular flexibility index (Phi) is 3.19. The van der Waals surface area contributed by atoms with Gasteiger partial charge in [0.05, 0.1) is 17.5 Å². The van der Waals surface area contributed by atoms with Crippen LogP contribution in [0.5, 0.6) is 5.75 Å². The van der Waals surface area contributed by atoms with Crippen molar-refractivity contribution >= 4 is 22.2 Å². The summed E-state index contributed by atoms with van der Waals surface area (Å²) < 4.78 is 5.25. The zero-order valence-electron chi connectivity index (χ0n) is 10.4. The topological polar surface area (TPSA) is 42.4 Å². The molecule has 0 aliphatic heterocycles. The van der Waals surface area contributed by atoms with Gasteiger partial charge in [-0.1, -0.05) is 18.2 Å². The number of hydrogen-bond acceptors (Lipinski definition) is 4. The monoisotopic (exact) mass is 271 g/mol. The normalized spacial score (nSPS) is 12.5. The SMILES string of the molecule is COc1ccsc1C(O)c1ccc2cccnc2c1. The molecule has 2 heterocycles. The van der Waals surface area contributed by atoms with Crippen LogP contribution >= 0.6 is 11.3 Å². The van der Waals surface area contributed by atoms with E-state index in [4.69, 9.17) is 4.74 Å². The maximum atomic E-state index is 10.5. The summed E-state index contributed by atoms with van der Waals surface area (Å²) in [5.41, 5.74) is 1.71. The third-order valence-corrected chi connectivity index (χ3v) is 4.02. The van der Waals surface area contributed by atoms with E-state index >= 15 is 0 Å². The number of benzene rings is 1. The predicted molar refractivity (Wildman–Crippen MR) is 76.7 cm³/mol. The van der Waals surface area contributed by atoms with E-state index in [9.17, 15) is 5.11 Å². The molecule has 96 valence electrons. The largest absolute Gasteiger partial charge is 0.495 e. The van der Waals surface area contributed by atoms with Gasteiger partial charge in [-0.05, 0) is 29.1 Å². The fraction of sp³-hybridized carbons (Fsp3) is 0.133. The Balaban J connectivity index is 2.04. The summed E-state index contributed by atoms with van der Waals surface area (Å²) in [6.07, 6.45) is 1.07. The van der Waals surface area contributed by atoms with Crippen LogP contribution in [-0.4, -0.2) is 17.2 Å². The molecular weight excluding hydrogens is 258 g/mol. The van der Waals surface area contributed by atoms with Crippen LogP contribution in [0.25, 0.3) is 10.9 Å². The first kappa shape index (κ1) is 12.1. The lowest BCUT2D eigenvalue weighted by Crippen LogP contribution is -1.99. The number of aliphatic hydroxyl groups is 1. The lowest BCUT2D eigenvalue weighted by Gasteiger charge is -2.11. The van der Waals surface area contributed by atoms with Gasteiger partial charge in [-0.15, -0.1) is 11.3 Å². The molecule has 0 aliphatic carbocycles. The molecule has 19 heavy (non-hydrogen) atoms. The molecule has 2 aromatic heterocycles. The van der Waals surface area contributed by atoms with Crippen molar-refractivity contribution in [1.82, 2.24) is 4.98 Å². The van der Waals surface area contributed by atoms with Gasteiger partial charge in [-0.2, -0.15) is 0 Å². The summed E-state index contributed by atoms with van der Waals surface area (Å²) in [6, 6.07) is 11.6. The number of methoxy groups -OCH3 is 1. The Hall–Kier alpha value is -1.91. The third-order valence-electron chi connectivity index (χ3n) is 3.07. The van der Waals surface area contributed by atoms with Crippen molar-refractivity contribution < 1.29 is 9.84 Å². The van der Waals surface area contributed by atoms with Crippen molar-refractivity contribution in [2.45, 2.75) is 6.10 Å². The molecule has 3 nitrogen and oxygen atoms in total. The Morgan fingerprint density at radius 2 is 2.16 bits per heavy atom. The predicted octanol–water partition coefficient (Wildman–Crippen LogP) is 3.39. The highest BCUT2D eigenvalue weighted by Crippen LogP contribution is 2.35. The van der Waals surface area contributed by atoms with Crippen molar-refractivity contribution in [3.63, 3.8) is 0 Å². The zero-order valence-corrected chi connectivity index (χ0v) is 11.2. The average molecular weight is 271 g/mol. The van der Waals surface area contributed by atoms with Crippen molar-refractivity contribution in [3.8, 4) is 5.75 Å². The van der Waals surface area contributed by atoms with Crippen LogP contribution < -0.4 is 4.74 Å². The Morgan fingerprint density at radius 3 is 3.00 bits per heavy atom. The molecule has 1 unspecified atom stereocenters. The summed E-state index contributed by atoms with van der Waals surface area (Å²) in [4.78, 5) is 5.13. The standard InChI is InChI=1S/C15H13NO2S/c1-18-13-6-8-19-15(13)14(17)11-5-4-10-3-2-7-16-12(10)9-11/h2-9,14,17H,1H3. The number of nitrogens with zero attached hydrogens (tertiary/aromatic N) is 1. The van der Waals surface area contributed by atoms with Gasteiger partial charge in [0, 0.05) is 11.6 Å². The molecule has 0 radical (unpaired) electrons. The summed E-state index contributed by atoms with van der Waals surface area (Å²) >= 11 is 1.49. The first-order valence-electron chi connectivity index (χ1n) is 5.93. The second kappa shape index (κ2) is 4.99. The molecule has 0 spiro atoms. The van der Waals surface area contributed by atoms with Crippen LogP contribution in [-0.2, 0) is 0 Å². The summed E-state index contributed by atoms with van der Waals surface area (Å²) in [7, 11) is 1.61. The summed E-state index contributed by atoms with van der Waals surface area (Å²) in [6.45, 7) is 0. The van der Waals surface area contributed by atoms with Gasteiger partial charge in [-0.25, -0.2) is 0 Å². The van der Waals surface area contributed by atoms with E-state index < -0.39 is 6.10 Å². The lowest BCUT2D eigenvalue weighted by molar-refractivity contribution is 0.219. The van der Waals surface area contributed by atoms with Crippen LogP contribution in [0.15, 0.2) is 48.0 Å². The minimum atomic E-state index is -0.679. The van der Waals surface area contributed by atoms with Crippen molar-refractivity contribution in [3.05, 3.63) is 58.4 Å². The Morgan fingerprint density at radius 1 is 1.26 bits per heavy atom. The first-order valence-corrected chi connectivity index (χ1v) is 6.81. The molecule has 0 bridgehead atoms. The van der Waals surface area contributed by atoms with Gasteiger partial charge in [0.25, 0.3) is 0 Å². The van der Waals surface area contributed by atoms with E-state index in [0.717, 1.165) is 27.1 Å². The van der Waals surface area contributed by atoms with Gasteiger partial charge in [0.15, 0.2) is 0 Å². The summed E-state index contributed by atoms with van der Waals surface area (Å²) in [5.74, 6) is 0.721. The Labute approximate surface area is 115 Å². The Bertz CT molecular complexity index is 708. The van der Waals surface area contributed by atoms with Crippen molar-refractivity contribution in [1.29, 1.82) is 0 Å². The zero-order chi connectivity index (χ0) is 13.2. The fourth-order valence-corrected chi connectivity index (χ4v) is 2.95. The lowest BCUT2D eigenvalue weighted by atomic mass is 10.1. The van der Waals surface area contributed by atoms with Gasteiger partial charge < -0.3 is 9.84 Å². The van der Waals surface area contributed by atoms with Crippen LogP contribution in [0.4, 0.5) is 0 Å². The van der Waals surface area contributed by atoms with E-state index in [2.05, 4.69) is 4.98 Å². The number of pyridine rings is 1. The molecule has 1 N–H and O–H groups in total. The maximum Gasteiger partial charge on any atom is 0.135 e. The van der Waals surface area contributed by atoms with E-state index in [1.807, 2.05) is 41.8 Å². The van der Waals surface area contributed by atoms with Gasteiger partial charge in [0.1, 0.15) is 11.9 Å². The smallest absolute Gasteiger partial charge is 0.135 e.